The Kier molecular flexibility index (Phi) is 4.26. The number of benzene rings is 1. The standard InChI is InChI=1S/C17H20FN3O3/c1-11-5-6-13(12(18)9-11)19-14(22)10-21-15(23)17(20-16(21)24)7-3-2-4-8-17/h5-6,9H,2-4,7-8,10H2,1H3,(H,19,22)(H,20,24). The average Bonchev–Trinajstić information content (AvgIpc) is 2.75. The van der Waals surface area contributed by atoms with Crippen LogP contribution in [0.4, 0.5) is 14.9 Å². The summed E-state index contributed by atoms with van der Waals surface area (Å²) in [6.07, 6.45) is 3.99. The lowest BCUT2D eigenvalue weighted by molar-refractivity contribution is -0.134. The number of anilines is 1. The lowest BCUT2D eigenvalue weighted by Gasteiger charge is -2.30. The van der Waals surface area contributed by atoms with Crippen LogP contribution in [0.1, 0.15) is 37.7 Å². The smallest absolute Gasteiger partial charge is 0.323 e. The molecule has 0 atom stereocenters. The minimum Gasteiger partial charge on any atom is -0.323 e. The molecule has 0 unspecified atom stereocenters. The lowest BCUT2D eigenvalue weighted by Crippen LogP contribution is -2.48. The van der Waals surface area contributed by atoms with Crippen molar-refractivity contribution in [2.24, 2.45) is 0 Å². The van der Waals surface area contributed by atoms with E-state index < -0.39 is 29.8 Å². The van der Waals surface area contributed by atoms with E-state index in [1.54, 1.807) is 13.0 Å². The van der Waals surface area contributed by atoms with Crippen LogP contribution in [-0.4, -0.2) is 34.8 Å². The van der Waals surface area contributed by atoms with Crippen molar-refractivity contribution in [2.45, 2.75) is 44.6 Å². The van der Waals surface area contributed by atoms with Crippen LogP contribution in [0.5, 0.6) is 0 Å². The Hall–Kier alpha value is -2.44. The maximum Gasteiger partial charge on any atom is 0.325 e. The number of aryl methyl sites for hydroxylation is 1. The van der Waals surface area contributed by atoms with Gasteiger partial charge < -0.3 is 10.6 Å². The van der Waals surface area contributed by atoms with E-state index in [9.17, 15) is 18.8 Å². The summed E-state index contributed by atoms with van der Waals surface area (Å²) in [4.78, 5) is 37.7. The van der Waals surface area contributed by atoms with E-state index in [0.717, 1.165) is 29.7 Å². The van der Waals surface area contributed by atoms with Gasteiger partial charge in [0.05, 0.1) is 5.69 Å². The number of nitrogens with one attached hydrogen (secondary N) is 2. The fraction of sp³-hybridized carbons (Fsp3) is 0.471. The van der Waals surface area contributed by atoms with Gasteiger partial charge in [-0.1, -0.05) is 25.3 Å². The zero-order chi connectivity index (χ0) is 17.3. The second-order valence-corrected chi connectivity index (χ2v) is 6.50. The molecule has 24 heavy (non-hydrogen) atoms. The third-order valence-electron chi connectivity index (χ3n) is 4.65. The van der Waals surface area contributed by atoms with Gasteiger partial charge in [-0.25, -0.2) is 9.18 Å². The summed E-state index contributed by atoms with van der Waals surface area (Å²) in [5.74, 6) is -1.51. The summed E-state index contributed by atoms with van der Waals surface area (Å²) in [5, 5.41) is 5.15. The molecule has 1 spiro atoms. The maximum atomic E-state index is 13.8. The number of amides is 4. The molecular formula is C17H20FN3O3. The number of hydrogen-bond acceptors (Lipinski definition) is 3. The summed E-state index contributed by atoms with van der Waals surface area (Å²) in [5.41, 5.74) is -0.0890. The number of hydrogen-bond donors (Lipinski definition) is 2. The van der Waals surface area contributed by atoms with Crippen molar-refractivity contribution in [3.05, 3.63) is 29.6 Å². The van der Waals surface area contributed by atoms with Crippen LogP contribution in [0.25, 0.3) is 0 Å². The number of rotatable bonds is 3. The van der Waals surface area contributed by atoms with Crippen LogP contribution in [0, 0.1) is 12.7 Å². The predicted molar refractivity (Wildman–Crippen MR) is 85.8 cm³/mol. The van der Waals surface area contributed by atoms with Gasteiger partial charge in [-0.05, 0) is 37.5 Å². The van der Waals surface area contributed by atoms with Crippen molar-refractivity contribution in [3.8, 4) is 0 Å². The monoisotopic (exact) mass is 333 g/mol. The van der Waals surface area contributed by atoms with Crippen LogP contribution in [0.2, 0.25) is 0 Å². The summed E-state index contributed by atoms with van der Waals surface area (Å²) >= 11 is 0. The van der Waals surface area contributed by atoms with Gasteiger partial charge in [0, 0.05) is 0 Å². The first-order chi connectivity index (χ1) is 11.4. The van der Waals surface area contributed by atoms with Gasteiger partial charge in [-0.2, -0.15) is 0 Å². The molecule has 1 saturated carbocycles. The fourth-order valence-electron chi connectivity index (χ4n) is 3.37. The second-order valence-electron chi connectivity index (χ2n) is 6.50. The van der Waals surface area contributed by atoms with Crippen molar-refractivity contribution < 1.29 is 18.8 Å². The van der Waals surface area contributed by atoms with E-state index in [2.05, 4.69) is 10.6 Å². The molecule has 1 aromatic carbocycles. The van der Waals surface area contributed by atoms with Crippen molar-refractivity contribution >= 4 is 23.5 Å². The molecule has 0 radical (unpaired) electrons. The molecule has 3 rings (SSSR count). The Morgan fingerprint density at radius 2 is 2.00 bits per heavy atom. The first-order valence-electron chi connectivity index (χ1n) is 8.11. The van der Waals surface area contributed by atoms with E-state index in [-0.39, 0.29) is 11.6 Å². The van der Waals surface area contributed by atoms with Gasteiger partial charge in [-0.3, -0.25) is 14.5 Å². The highest BCUT2D eigenvalue weighted by Gasteiger charge is 2.51. The molecule has 0 bridgehead atoms. The van der Waals surface area contributed by atoms with Crippen LogP contribution in [0.15, 0.2) is 18.2 Å². The summed E-state index contributed by atoms with van der Waals surface area (Å²) in [6.45, 7) is 1.32. The summed E-state index contributed by atoms with van der Waals surface area (Å²) < 4.78 is 13.8. The molecule has 128 valence electrons. The molecule has 7 heteroatoms. The van der Waals surface area contributed by atoms with Gasteiger partial charge in [-0.15, -0.1) is 0 Å². The topological polar surface area (TPSA) is 78.5 Å². The van der Waals surface area contributed by atoms with E-state index in [1.807, 2.05) is 0 Å². The predicted octanol–water partition coefficient (Wildman–Crippen LogP) is 2.33. The molecule has 0 aromatic heterocycles. The maximum absolute atomic E-state index is 13.8. The molecule has 1 aliphatic heterocycles. The number of nitrogens with zero attached hydrogens (tertiary/aromatic N) is 1. The molecular weight excluding hydrogens is 313 g/mol. The molecule has 1 saturated heterocycles. The molecule has 4 amide bonds. The third kappa shape index (κ3) is 2.98. The molecule has 2 fully saturated rings. The first kappa shape index (κ1) is 16.4. The number of halogens is 1. The Morgan fingerprint density at radius 1 is 1.29 bits per heavy atom. The van der Waals surface area contributed by atoms with Crippen LogP contribution in [-0.2, 0) is 9.59 Å². The average molecular weight is 333 g/mol. The zero-order valence-corrected chi connectivity index (χ0v) is 13.5. The largest absolute Gasteiger partial charge is 0.325 e. The minimum atomic E-state index is -0.856. The molecule has 1 aliphatic carbocycles. The van der Waals surface area contributed by atoms with E-state index >= 15 is 0 Å². The van der Waals surface area contributed by atoms with Gasteiger partial charge in [0.25, 0.3) is 5.91 Å². The third-order valence-corrected chi connectivity index (χ3v) is 4.65. The first-order valence-corrected chi connectivity index (χ1v) is 8.11. The molecule has 1 heterocycles. The second kappa shape index (κ2) is 6.22. The Balaban J connectivity index is 1.68. The number of imide groups is 1. The van der Waals surface area contributed by atoms with Crippen molar-refractivity contribution in [1.82, 2.24) is 10.2 Å². The minimum absolute atomic E-state index is 0.0324. The number of carbonyl (C=O) groups is 3. The van der Waals surface area contributed by atoms with Crippen LogP contribution >= 0.6 is 0 Å². The summed E-state index contributed by atoms with van der Waals surface area (Å²) in [7, 11) is 0. The van der Waals surface area contributed by atoms with Gasteiger partial charge >= 0.3 is 6.03 Å². The van der Waals surface area contributed by atoms with Crippen molar-refractivity contribution in [1.29, 1.82) is 0 Å². The van der Waals surface area contributed by atoms with Crippen LogP contribution < -0.4 is 10.6 Å². The SMILES string of the molecule is Cc1ccc(NC(=O)CN2C(=O)NC3(CCCCC3)C2=O)c(F)c1. The molecule has 6 nitrogen and oxygen atoms in total. The highest BCUT2D eigenvalue weighted by molar-refractivity contribution is 6.10. The van der Waals surface area contributed by atoms with Crippen molar-refractivity contribution in [2.75, 3.05) is 11.9 Å². The van der Waals surface area contributed by atoms with E-state index in [0.29, 0.717) is 12.8 Å². The highest BCUT2D eigenvalue weighted by atomic mass is 19.1. The van der Waals surface area contributed by atoms with Crippen LogP contribution in [0.3, 0.4) is 0 Å². The number of urea groups is 1. The van der Waals surface area contributed by atoms with Crippen molar-refractivity contribution in [3.63, 3.8) is 0 Å². The van der Waals surface area contributed by atoms with E-state index in [4.69, 9.17) is 0 Å². The van der Waals surface area contributed by atoms with E-state index in [1.165, 1.54) is 12.1 Å². The zero-order valence-electron chi connectivity index (χ0n) is 13.5. The molecule has 2 aliphatic rings. The quantitative estimate of drug-likeness (QED) is 0.833. The fourth-order valence-corrected chi connectivity index (χ4v) is 3.37. The number of carbonyl (C=O) groups excluding carboxylic acids is 3. The molecule has 1 aromatic rings. The Morgan fingerprint density at radius 3 is 2.67 bits per heavy atom. The van der Waals surface area contributed by atoms with Gasteiger partial charge in [0.2, 0.25) is 5.91 Å². The van der Waals surface area contributed by atoms with Gasteiger partial charge in [0.1, 0.15) is 17.9 Å². The highest BCUT2D eigenvalue weighted by Crippen LogP contribution is 2.33. The normalized spacial score (nSPS) is 19.5. The Bertz CT molecular complexity index is 698. The Labute approximate surface area is 139 Å². The van der Waals surface area contributed by atoms with Gasteiger partial charge in [0.15, 0.2) is 0 Å². The summed E-state index contributed by atoms with van der Waals surface area (Å²) in [6, 6.07) is 3.88. The molecule has 2 N–H and O–H groups in total. The lowest BCUT2D eigenvalue weighted by atomic mass is 9.82.